The minimum atomic E-state index is 0.290. The van der Waals surface area contributed by atoms with Crippen molar-refractivity contribution in [2.24, 2.45) is 47.3 Å². The maximum absolute atomic E-state index is 15.0. The first-order valence-corrected chi connectivity index (χ1v) is 19.9. The van der Waals surface area contributed by atoms with Crippen molar-refractivity contribution in [2.45, 2.75) is 176 Å². The highest BCUT2D eigenvalue weighted by Gasteiger charge is 2.76. The quantitative estimate of drug-likeness (QED) is 0.392. The number of rotatable bonds is 0. The summed E-state index contributed by atoms with van der Waals surface area (Å²) >= 11 is 0. The molecule has 18 unspecified atom stereocenters. The van der Waals surface area contributed by atoms with Crippen LogP contribution in [0.3, 0.4) is 0 Å². The summed E-state index contributed by atoms with van der Waals surface area (Å²) in [5.74, 6) is 6.09. The first-order valence-electron chi connectivity index (χ1n) is 19.9. The number of nitrogens with zero attached hydrogens (tertiary/aromatic N) is 4. The van der Waals surface area contributed by atoms with Crippen molar-refractivity contribution in [3.05, 3.63) is 0 Å². The minimum Gasteiger partial charge on any atom is -0.333 e. The van der Waals surface area contributed by atoms with Gasteiger partial charge in [0.25, 0.3) is 0 Å². The summed E-state index contributed by atoms with van der Waals surface area (Å²) in [5, 5.41) is 0. The number of piperazine rings is 3. The molecule has 0 bridgehead atoms. The van der Waals surface area contributed by atoms with Crippen molar-refractivity contribution in [3.63, 3.8) is 0 Å². The second kappa shape index (κ2) is 8.85. The SMILES string of the molecule is O=C1C2CCCCC2C2CCC3C4C2N1C1CCCC2C1N4C1C4C(CC5C6CCCCC6N2C51)C1CCCCC1C(=O)N34. The smallest absolute Gasteiger partial charge is 0.226 e. The molecule has 6 saturated carbocycles. The van der Waals surface area contributed by atoms with Gasteiger partial charge < -0.3 is 9.80 Å². The lowest BCUT2D eigenvalue weighted by Crippen LogP contribution is -2.92. The van der Waals surface area contributed by atoms with Crippen LogP contribution in [-0.2, 0) is 9.59 Å². The predicted octanol–water partition coefficient (Wildman–Crippen LogP) is 5.05. The average Bonchev–Trinajstić information content (AvgIpc) is 3.41. The molecule has 0 aromatic rings. The van der Waals surface area contributed by atoms with Crippen molar-refractivity contribution in [3.8, 4) is 0 Å². The first kappa shape index (κ1) is 25.9. The van der Waals surface area contributed by atoms with E-state index >= 15 is 0 Å². The number of hydrogen-bond donors (Lipinski definition) is 0. The monoisotopic (exact) mass is 598 g/mol. The van der Waals surface area contributed by atoms with Crippen LogP contribution >= 0.6 is 0 Å². The van der Waals surface area contributed by atoms with E-state index in [1.165, 1.54) is 103 Å². The molecule has 0 N–H and O–H groups in total. The second-order valence-electron chi connectivity index (χ2n) is 18.4. The van der Waals surface area contributed by atoms with Gasteiger partial charge in [-0.25, -0.2) is 0 Å². The van der Waals surface area contributed by atoms with E-state index in [1.807, 2.05) is 0 Å². The fourth-order valence-electron chi connectivity index (χ4n) is 16.8. The minimum absolute atomic E-state index is 0.290. The predicted molar refractivity (Wildman–Crippen MR) is 166 cm³/mol. The number of carbonyl (C=O) groups is 2. The van der Waals surface area contributed by atoms with Gasteiger partial charge in [0.05, 0.1) is 18.1 Å². The van der Waals surface area contributed by atoms with Gasteiger partial charge in [-0.3, -0.25) is 19.4 Å². The molecule has 18 atom stereocenters. The Balaban J connectivity index is 1.08. The topological polar surface area (TPSA) is 47.1 Å². The molecule has 12 aliphatic rings. The van der Waals surface area contributed by atoms with E-state index in [4.69, 9.17) is 0 Å². The molecule has 2 amide bonds. The van der Waals surface area contributed by atoms with Crippen LogP contribution < -0.4 is 0 Å². The van der Waals surface area contributed by atoms with E-state index in [2.05, 4.69) is 19.6 Å². The number of carbonyl (C=O) groups excluding carboxylic acids is 2. The molecule has 238 valence electrons. The normalized spacial score (nSPS) is 59.8. The fourth-order valence-corrected chi connectivity index (χ4v) is 16.8. The Kier molecular flexibility index (Phi) is 5.21. The highest BCUT2D eigenvalue weighted by Crippen LogP contribution is 2.66. The van der Waals surface area contributed by atoms with E-state index in [9.17, 15) is 9.59 Å². The molecule has 6 aliphatic carbocycles. The van der Waals surface area contributed by atoms with Gasteiger partial charge in [0.2, 0.25) is 11.8 Å². The summed E-state index contributed by atoms with van der Waals surface area (Å²) < 4.78 is 0. The van der Waals surface area contributed by atoms with Gasteiger partial charge >= 0.3 is 0 Å². The second-order valence-corrected chi connectivity index (χ2v) is 18.4. The summed E-state index contributed by atoms with van der Waals surface area (Å²) in [6.45, 7) is 0. The Hall–Kier alpha value is -1.14. The molecular weight excluding hydrogens is 544 g/mol. The van der Waals surface area contributed by atoms with Gasteiger partial charge in [0.15, 0.2) is 0 Å². The maximum atomic E-state index is 15.0. The first-order chi connectivity index (χ1) is 21.7. The van der Waals surface area contributed by atoms with E-state index in [0.717, 1.165) is 36.6 Å². The Morgan fingerprint density at radius 1 is 0.364 bits per heavy atom. The average molecular weight is 599 g/mol. The van der Waals surface area contributed by atoms with Crippen LogP contribution in [0.1, 0.15) is 116 Å². The lowest BCUT2D eigenvalue weighted by molar-refractivity contribution is -0.274. The van der Waals surface area contributed by atoms with E-state index in [0.29, 0.717) is 95.8 Å². The van der Waals surface area contributed by atoms with E-state index in [-0.39, 0.29) is 0 Å². The third-order valence-electron chi connectivity index (χ3n) is 17.6. The Labute approximate surface area is 264 Å². The number of fused-ring (bicyclic) bond motifs is 10. The molecular formula is C38H54N4O2. The van der Waals surface area contributed by atoms with Crippen LogP contribution in [0.15, 0.2) is 0 Å². The molecule has 6 nitrogen and oxygen atoms in total. The maximum Gasteiger partial charge on any atom is 0.226 e. The highest BCUT2D eigenvalue weighted by atomic mass is 16.2. The zero-order chi connectivity index (χ0) is 28.6. The molecule has 6 heteroatoms. The molecule has 6 aliphatic heterocycles. The van der Waals surface area contributed by atoms with Crippen LogP contribution in [0.25, 0.3) is 0 Å². The third-order valence-corrected chi connectivity index (χ3v) is 17.6. The van der Waals surface area contributed by atoms with Gasteiger partial charge in [-0.2, -0.15) is 0 Å². The molecule has 44 heavy (non-hydrogen) atoms. The summed E-state index contributed by atoms with van der Waals surface area (Å²) in [6, 6.07) is 5.08. The van der Waals surface area contributed by atoms with Crippen LogP contribution in [0.4, 0.5) is 0 Å². The van der Waals surface area contributed by atoms with Crippen molar-refractivity contribution < 1.29 is 9.59 Å². The van der Waals surface area contributed by atoms with E-state index in [1.54, 1.807) is 0 Å². The van der Waals surface area contributed by atoms with Crippen LogP contribution in [0, 0.1) is 47.3 Å². The number of hydrogen-bond acceptors (Lipinski definition) is 4. The van der Waals surface area contributed by atoms with Crippen LogP contribution in [-0.4, -0.2) is 91.8 Å². The lowest BCUT2D eigenvalue weighted by Gasteiger charge is -2.78. The largest absolute Gasteiger partial charge is 0.333 e. The van der Waals surface area contributed by atoms with Gasteiger partial charge in [0.1, 0.15) is 0 Å². The Morgan fingerprint density at radius 2 is 0.932 bits per heavy atom. The van der Waals surface area contributed by atoms with Crippen LogP contribution in [0.5, 0.6) is 0 Å². The summed E-state index contributed by atoms with van der Waals surface area (Å²) in [7, 11) is 0. The molecule has 0 aromatic carbocycles. The molecule has 0 radical (unpaired) electrons. The Morgan fingerprint density at radius 3 is 1.70 bits per heavy atom. The van der Waals surface area contributed by atoms with Gasteiger partial charge in [-0.15, -0.1) is 0 Å². The highest BCUT2D eigenvalue weighted by molar-refractivity contribution is 5.83. The number of piperidine rings is 2. The van der Waals surface area contributed by atoms with Crippen molar-refractivity contribution in [1.29, 1.82) is 0 Å². The molecule has 0 aromatic heterocycles. The Bertz CT molecular complexity index is 1290. The van der Waals surface area contributed by atoms with Crippen LogP contribution in [0.2, 0.25) is 0 Å². The van der Waals surface area contributed by atoms with E-state index < -0.39 is 0 Å². The molecule has 6 heterocycles. The third kappa shape index (κ3) is 2.85. The van der Waals surface area contributed by atoms with Crippen molar-refractivity contribution in [2.75, 3.05) is 0 Å². The number of amides is 2. The van der Waals surface area contributed by atoms with Crippen molar-refractivity contribution >= 4 is 11.8 Å². The lowest BCUT2D eigenvalue weighted by atomic mass is 9.52. The summed E-state index contributed by atoms with van der Waals surface area (Å²) in [6.07, 6.45) is 23.5. The fraction of sp³-hybridized carbons (Fsp3) is 0.947. The van der Waals surface area contributed by atoms with Gasteiger partial charge in [-0.1, -0.05) is 38.5 Å². The van der Waals surface area contributed by atoms with Gasteiger partial charge in [0, 0.05) is 54.1 Å². The van der Waals surface area contributed by atoms with Crippen molar-refractivity contribution in [1.82, 2.24) is 19.6 Å². The molecule has 6 saturated heterocycles. The molecule has 12 fully saturated rings. The zero-order valence-electron chi connectivity index (χ0n) is 26.7. The summed E-state index contributed by atoms with van der Waals surface area (Å²) in [4.78, 5) is 41.6. The zero-order valence-corrected chi connectivity index (χ0v) is 26.7. The molecule has 12 rings (SSSR count). The standard InChI is InChI=1S/C38H54N4O2/c43-37-23-11-3-1-8-19(23)22-16-17-30-35-31(22)40(37)29-15-7-14-28-34(29)42(35)36-32-26(21-10-5-6-13-27(21)39(28)32)18-25-20-9-2-4-12-24(20)38(44)41(30)33(25)36/h19-36H,1-18H2. The summed E-state index contributed by atoms with van der Waals surface area (Å²) in [5.41, 5.74) is 0. The molecule has 0 spiro atoms. The van der Waals surface area contributed by atoms with Gasteiger partial charge in [-0.05, 0) is 113 Å².